The van der Waals surface area contributed by atoms with E-state index < -0.39 is 27.4 Å². The van der Waals surface area contributed by atoms with E-state index in [1.165, 1.54) is 42.6 Å². The summed E-state index contributed by atoms with van der Waals surface area (Å²) in [4.78, 5) is 11.0. The molecule has 2 aliphatic rings. The Hall–Kier alpha value is -4.44. The zero-order valence-electron chi connectivity index (χ0n) is 22.5. The van der Waals surface area contributed by atoms with Crippen LogP contribution in [0.15, 0.2) is 89.6 Å². The second kappa shape index (κ2) is 9.88. The third-order valence-corrected chi connectivity index (χ3v) is 9.36. The van der Waals surface area contributed by atoms with Crippen molar-refractivity contribution in [3.63, 3.8) is 0 Å². The highest BCUT2D eigenvalue weighted by atomic mass is 32.2. The molecule has 0 bridgehead atoms. The first-order valence-corrected chi connectivity index (χ1v) is 14.6. The molecule has 1 fully saturated rings. The summed E-state index contributed by atoms with van der Waals surface area (Å²) in [6.45, 7) is 2.35. The van der Waals surface area contributed by atoms with Crippen molar-refractivity contribution in [1.82, 2.24) is 9.78 Å². The first-order chi connectivity index (χ1) is 19.6. The molecule has 0 radical (unpaired) electrons. The molecular weight excluding hydrogens is 545 g/mol. The molecule has 41 heavy (non-hydrogen) atoms. The van der Waals surface area contributed by atoms with E-state index in [-0.39, 0.29) is 21.7 Å². The Morgan fingerprint density at radius 2 is 1.80 bits per heavy atom. The Bertz CT molecular complexity index is 1800. The molecule has 4 aromatic rings. The Kier molecular flexibility index (Phi) is 6.45. The molecule has 2 N–H and O–H groups in total. The number of aromatic nitrogens is 2. The molecule has 0 amide bonds. The van der Waals surface area contributed by atoms with E-state index in [1.807, 2.05) is 24.3 Å². The standard InChI is InChI=1S/C31H28FN3O5S/c1-31(12-11-21-13-22(21)16-31)23-7-3-19(4-8-23)20-5-9-24(10-6-20)35-18-25(17-33-35)41(38,39)34-28-15-27(32)26(30(36)37)14-29(28)40-2/h3-11,14-15,17-18,22,34H,12-13,16H2,1-2H3,(H,36,37)/t22-,31+/m1/s1. The predicted molar refractivity (Wildman–Crippen MR) is 152 cm³/mol. The van der Waals surface area contributed by atoms with E-state index >= 15 is 0 Å². The lowest BCUT2D eigenvalue weighted by Gasteiger charge is -2.31. The third kappa shape index (κ3) is 5.11. The molecular formula is C31H28FN3O5S. The van der Waals surface area contributed by atoms with E-state index in [4.69, 9.17) is 9.84 Å². The van der Waals surface area contributed by atoms with Crippen LogP contribution < -0.4 is 9.46 Å². The van der Waals surface area contributed by atoms with Crippen LogP contribution in [-0.2, 0) is 15.4 Å². The fourth-order valence-corrected chi connectivity index (χ4v) is 6.52. The molecule has 6 rings (SSSR count). The minimum absolute atomic E-state index is 0.134. The number of carbonyl (C=O) groups is 1. The number of methoxy groups -OCH3 is 1. The Balaban J connectivity index is 1.18. The van der Waals surface area contributed by atoms with Crippen molar-refractivity contribution < 1.29 is 27.4 Å². The van der Waals surface area contributed by atoms with Gasteiger partial charge in [-0.05, 0) is 65.5 Å². The highest BCUT2D eigenvalue weighted by Crippen LogP contribution is 2.52. The first kappa shape index (κ1) is 26.8. The summed E-state index contributed by atoms with van der Waals surface area (Å²) < 4.78 is 49.0. The zero-order chi connectivity index (χ0) is 28.9. The van der Waals surface area contributed by atoms with Gasteiger partial charge in [0.05, 0.1) is 36.4 Å². The van der Waals surface area contributed by atoms with Crippen LogP contribution >= 0.6 is 0 Å². The van der Waals surface area contributed by atoms with Crippen molar-refractivity contribution in [2.24, 2.45) is 5.92 Å². The number of sulfonamides is 1. The lowest BCUT2D eigenvalue weighted by atomic mass is 9.73. The van der Waals surface area contributed by atoms with Crippen molar-refractivity contribution in [2.45, 2.75) is 36.5 Å². The minimum Gasteiger partial charge on any atom is -0.495 e. The average Bonchev–Trinajstić information content (AvgIpc) is 3.52. The SMILES string of the molecule is COc1cc(C(=O)O)c(F)cc1NS(=O)(=O)c1cnn(-c2ccc(-c3ccc([C@@]4(C)CC=C5C[C@@H]5C4)cc3)cc2)c1. The van der Waals surface area contributed by atoms with Crippen LogP contribution in [0.3, 0.4) is 0 Å². The van der Waals surface area contributed by atoms with Gasteiger partial charge in [-0.1, -0.05) is 55.0 Å². The van der Waals surface area contributed by atoms with Gasteiger partial charge in [0.1, 0.15) is 16.5 Å². The van der Waals surface area contributed by atoms with Crippen LogP contribution in [0.4, 0.5) is 10.1 Å². The topological polar surface area (TPSA) is 111 Å². The summed E-state index contributed by atoms with van der Waals surface area (Å²) in [5.41, 5.74) is 5.07. The van der Waals surface area contributed by atoms with Crippen LogP contribution in [-0.4, -0.2) is 36.4 Å². The number of hydrogen-bond acceptors (Lipinski definition) is 5. The molecule has 2 atom stereocenters. The molecule has 210 valence electrons. The van der Waals surface area contributed by atoms with E-state index in [9.17, 15) is 17.6 Å². The quantitative estimate of drug-likeness (QED) is 0.244. The monoisotopic (exact) mass is 573 g/mol. The number of hydrogen-bond donors (Lipinski definition) is 2. The highest BCUT2D eigenvalue weighted by molar-refractivity contribution is 7.92. The largest absolute Gasteiger partial charge is 0.495 e. The minimum atomic E-state index is -4.18. The number of carboxylic acid groups (broad SMARTS) is 1. The molecule has 8 nitrogen and oxygen atoms in total. The Morgan fingerprint density at radius 3 is 2.44 bits per heavy atom. The van der Waals surface area contributed by atoms with Gasteiger partial charge in [0, 0.05) is 6.07 Å². The number of allylic oxidation sites excluding steroid dienone is 2. The molecule has 1 heterocycles. The molecule has 2 aliphatic carbocycles. The van der Waals surface area contributed by atoms with Gasteiger partial charge in [0.25, 0.3) is 10.0 Å². The fraction of sp³-hybridized carbons (Fsp3) is 0.226. The molecule has 0 aliphatic heterocycles. The molecule has 0 unspecified atom stereocenters. The zero-order valence-corrected chi connectivity index (χ0v) is 23.3. The molecule has 3 aromatic carbocycles. The van der Waals surface area contributed by atoms with Crippen LogP contribution in [0.1, 0.15) is 42.1 Å². The summed E-state index contributed by atoms with van der Waals surface area (Å²) in [5, 5.41) is 13.3. The number of anilines is 1. The Labute approximate surface area is 237 Å². The van der Waals surface area contributed by atoms with E-state index in [0.29, 0.717) is 5.69 Å². The van der Waals surface area contributed by atoms with Gasteiger partial charge >= 0.3 is 5.97 Å². The van der Waals surface area contributed by atoms with Crippen LogP contribution in [0.5, 0.6) is 5.75 Å². The number of aromatic carboxylic acids is 1. The van der Waals surface area contributed by atoms with E-state index in [0.717, 1.165) is 35.6 Å². The second-order valence-electron chi connectivity index (χ2n) is 10.8. The number of nitrogens with one attached hydrogen (secondary N) is 1. The van der Waals surface area contributed by atoms with E-state index in [2.05, 4.69) is 47.1 Å². The highest BCUT2D eigenvalue weighted by Gasteiger charge is 2.41. The smallest absolute Gasteiger partial charge is 0.338 e. The first-order valence-electron chi connectivity index (χ1n) is 13.1. The van der Waals surface area contributed by atoms with Gasteiger partial charge in [-0.25, -0.2) is 22.3 Å². The third-order valence-electron chi connectivity index (χ3n) is 8.04. The predicted octanol–water partition coefficient (Wildman–Crippen LogP) is 6.18. The second-order valence-corrected chi connectivity index (χ2v) is 12.5. The number of fused-ring (bicyclic) bond motifs is 1. The van der Waals surface area contributed by atoms with Crippen LogP contribution in [0.25, 0.3) is 16.8 Å². The fourth-order valence-electron chi connectivity index (χ4n) is 5.53. The Morgan fingerprint density at radius 1 is 1.12 bits per heavy atom. The van der Waals surface area contributed by atoms with Gasteiger partial charge in [0.15, 0.2) is 0 Å². The van der Waals surface area contributed by atoms with Crippen molar-refractivity contribution >= 4 is 21.7 Å². The average molecular weight is 574 g/mol. The number of ether oxygens (including phenoxy) is 1. The van der Waals surface area contributed by atoms with E-state index in [1.54, 1.807) is 5.57 Å². The van der Waals surface area contributed by atoms with Crippen molar-refractivity contribution in [3.05, 3.63) is 102 Å². The lowest BCUT2D eigenvalue weighted by Crippen LogP contribution is -2.23. The molecule has 0 saturated heterocycles. The molecule has 10 heteroatoms. The summed E-state index contributed by atoms with van der Waals surface area (Å²) in [6.07, 6.45) is 8.49. The van der Waals surface area contributed by atoms with Gasteiger partial charge in [-0.2, -0.15) is 5.10 Å². The molecule has 1 saturated carbocycles. The van der Waals surface area contributed by atoms with Crippen molar-refractivity contribution in [2.75, 3.05) is 11.8 Å². The summed E-state index contributed by atoms with van der Waals surface area (Å²) in [7, 11) is -2.96. The maximum absolute atomic E-state index is 14.2. The molecule has 0 spiro atoms. The van der Waals surface area contributed by atoms with Gasteiger partial charge in [-0.15, -0.1) is 0 Å². The number of benzene rings is 3. The number of nitrogens with zero attached hydrogens (tertiary/aromatic N) is 2. The lowest BCUT2D eigenvalue weighted by molar-refractivity contribution is 0.0691. The summed E-state index contributed by atoms with van der Waals surface area (Å²) >= 11 is 0. The summed E-state index contributed by atoms with van der Waals surface area (Å²) in [6, 6.07) is 18.0. The molecule has 1 aromatic heterocycles. The van der Waals surface area contributed by atoms with Gasteiger partial charge < -0.3 is 9.84 Å². The van der Waals surface area contributed by atoms with Gasteiger partial charge in [-0.3, -0.25) is 4.72 Å². The summed E-state index contributed by atoms with van der Waals surface area (Å²) in [5.74, 6) is -1.96. The maximum Gasteiger partial charge on any atom is 0.338 e. The normalized spacial score (nSPS) is 19.7. The van der Waals surface area contributed by atoms with Crippen LogP contribution in [0, 0.1) is 11.7 Å². The van der Waals surface area contributed by atoms with Crippen molar-refractivity contribution in [3.8, 4) is 22.6 Å². The van der Waals surface area contributed by atoms with Crippen LogP contribution in [0.2, 0.25) is 0 Å². The van der Waals surface area contributed by atoms with Gasteiger partial charge in [0.2, 0.25) is 0 Å². The van der Waals surface area contributed by atoms with Crippen molar-refractivity contribution in [1.29, 1.82) is 0 Å². The number of rotatable bonds is 8. The maximum atomic E-state index is 14.2. The number of carboxylic acids is 1. The number of halogens is 1.